The van der Waals surface area contributed by atoms with E-state index in [4.69, 9.17) is 4.74 Å². The number of halogens is 3. The third-order valence-corrected chi connectivity index (χ3v) is 5.75. The van der Waals surface area contributed by atoms with Gasteiger partial charge in [0, 0.05) is 45.2 Å². The van der Waals surface area contributed by atoms with Gasteiger partial charge in [0.1, 0.15) is 0 Å². The molecule has 1 aromatic rings. The van der Waals surface area contributed by atoms with Crippen molar-refractivity contribution in [1.82, 2.24) is 15.5 Å². The maximum atomic E-state index is 13.1. The highest BCUT2D eigenvalue weighted by molar-refractivity contribution is 5.79. The van der Waals surface area contributed by atoms with Gasteiger partial charge in [-0.1, -0.05) is 24.6 Å². The second-order valence-electron chi connectivity index (χ2n) is 7.52. The van der Waals surface area contributed by atoms with E-state index in [0.717, 1.165) is 70.3 Å². The average Bonchev–Trinajstić information content (AvgIpc) is 2.66. The van der Waals surface area contributed by atoms with Crippen molar-refractivity contribution < 1.29 is 17.9 Å². The van der Waals surface area contributed by atoms with E-state index in [-0.39, 0.29) is 5.41 Å². The van der Waals surface area contributed by atoms with Crippen LogP contribution in [0.15, 0.2) is 29.3 Å². The van der Waals surface area contributed by atoms with E-state index in [1.54, 1.807) is 7.05 Å². The summed E-state index contributed by atoms with van der Waals surface area (Å²) in [4.78, 5) is 6.59. The Morgan fingerprint density at radius 2 is 1.96 bits per heavy atom. The SMILES string of the molecule is CN=C(NCCN1CCOCC1)NCC1(c2cccc(C(F)(F)F)c2)CCC1. The van der Waals surface area contributed by atoms with Crippen LogP contribution in [0.1, 0.15) is 30.4 Å². The minimum Gasteiger partial charge on any atom is -0.379 e. The summed E-state index contributed by atoms with van der Waals surface area (Å²) >= 11 is 0. The lowest BCUT2D eigenvalue weighted by Crippen LogP contribution is -2.50. The molecule has 156 valence electrons. The number of nitrogens with one attached hydrogen (secondary N) is 2. The van der Waals surface area contributed by atoms with Crippen molar-refractivity contribution in [1.29, 1.82) is 0 Å². The van der Waals surface area contributed by atoms with Crippen LogP contribution >= 0.6 is 0 Å². The van der Waals surface area contributed by atoms with Crippen molar-refractivity contribution in [2.24, 2.45) is 4.99 Å². The Labute approximate surface area is 164 Å². The molecule has 0 amide bonds. The Morgan fingerprint density at radius 1 is 1.21 bits per heavy atom. The summed E-state index contributed by atoms with van der Waals surface area (Å²) < 4.78 is 44.6. The maximum absolute atomic E-state index is 13.1. The van der Waals surface area contributed by atoms with Crippen LogP contribution in [0, 0.1) is 0 Å². The highest BCUT2D eigenvalue weighted by Gasteiger charge is 2.40. The lowest BCUT2D eigenvalue weighted by Gasteiger charge is -2.43. The molecule has 28 heavy (non-hydrogen) atoms. The molecular formula is C20H29F3N4O. The van der Waals surface area contributed by atoms with Crippen LogP contribution in [0.5, 0.6) is 0 Å². The van der Waals surface area contributed by atoms with Crippen molar-refractivity contribution in [3.63, 3.8) is 0 Å². The third-order valence-electron chi connectivity index (χ3n) is 5.75. The molecule has 0 radical (unpaired) electrons. The standard InChI is InChI=1S/C20H29F3N4O/c1-24-18(25-8-9-27-10-12-28-13-11-27)26-15-19(6-3-7-19)16-4-2-5-17(14-16)20(21,22)23/h2,4-5,14H,3,6-13,15H2,1H3,(H2,24,25,26). The van der Waals surface area contributed by atoms with Gasteiger partial charge in [-0.15, -0.1) is 0 Å². The lowest BCUT2D eigenvalue weighted by molar-refractivity contribution is -0.137. The Bertz CT molecular complexity index is 668. The van der Waals surface area contributed by atoms with Crippen LogP contribution in [-0.2, 0) is 16.3 Å². The number of benzene rings is 1. The van der Waals surface area contributed by atoms with Gasteiger partial charge in [0.15, 0.2) is 5.96 Å². The number of guanidine groups is 1. The van der Waals surface area contributed by atoms with Gasteiger partial charge >= 0.3 is 6.18 Å². The number of nitrogens with zero attached hydrogens (tertiary/aromatic N) is 2. The van der Waals surface area contributed by atoms with Gasteiger partial charge in [-0.05, 0) is 24.5 Å². The van der Waals surface area contributed by atoms with Crippen molar-refractivity contribution in [3.8, 4) is 0 Å². The molecule has 2 aliphatic rings. The van der Waals surface area contributed by atoms with E-state index >= 15 is 0 Å². The van der Waals surface area contributed by atoms with Crippen molar-refractivity contribution in [2.45, 2.75) is 30.9 Å². The summed E-state index contributed by atoms with van der Waals surface area (Å²) in [6, 6.07) is 5.75. The molecule has 2 fully saturated rings. The van der Waals surface area contributed by atoms with E-state index in [9.17, 15) is 13.2 Å². The Morgan fingerprint density at radius 3 is 2.57 bits per heavy atom. The molecule has 1 saturated heterocycles. The Kier molecular flexibility index (Phi) is 6.82. The van der Waals surface area contributed by atoms with Gasteiger partial charge < -0.3 is 15.4 Å². The van der Waals surface area contributed by atoms with Gasteiger partial charge in [0.2, 0.25) is 0 Å². The topological polar surface area (TPSA) is 48.9 Å². The zero-order valence-electron chi connectivity index (χ0n) is 16.3. The fourth-order valence-corrected chi connectivity index (χ4v) is 3.83. The van der Waals surface area contributed by atoms with Crippen LogP contribution in [0.25, 0.3) is 0 Å². The van der Waals surface area contributed by atoms with Gasteiger partial charge in [0.05, 0.1) is 18.8 Å². The molecule has 1 saturated carbocycles. The summed E-state index contributed by atoms with van der Waals surface area (Å²) in [6.07, 6.45) is -1.52. The zero-order valence-corrected chi connectivity index (χ0v) is 16.3. The summed E-state index contributed by atoms with van der Waals surface area (Å²) in [5.74, 6) is 0.687. The van der Waals surface area contributed by atoms with Gasteiger partial charge in [-0.2, -0.15) is 13.2 Å². The lowest BCUT2D eigenvalue weighted by atomic mass is 9.64. The first kappa shape index (κ1) is 20.9. The van der Waals surface area contributed by atoms with E-state index in [1.807, 2.05) is 6.07 Å². The minimum absolute atomic E-state index is 0.261. The van der Waals surface area contributed by atoms with Crippen LogP contribution in [0.4, 0.5) is 13.2 Å². The predicted octanol–water partition coefficient (Wildman–Crippen LogP) is 2.62. The molecule has 1 aromatic carbocycles. The van der Waals surface area contributed by atoms with Gasteiger partial charge in [-0.3, -0.25) is 9.89 Å². The number of alkyl halides is 3. The molecule has 0 spiro atoms. The fraction of sp³-hybridized carbons (Fsp3) is 0.650. The monoisotopic (exact) mass is 398 g/mol. The summed E-state index contributed by atoms with van der Waals surface area (Å²) in [5.41, 5.74) is -0.0857. The Hall–Kier alpha value is -1.80. The predicted molar refractivity (Wildman–Crippen MR) is 104 cm³/mol. The molecule has 5 nitrogen and oxygen atoms in total. The van der Waals surface area contributed by atoms with Crippen LogP contribution in [0.2, 0.25) is 0 Å². The van der Waals surface area contributed by atoms with E-state index in [2.05, 4.69) is 20.5 Å². The van der Waals surface area contributed by atoms with Crippen molar-refractivity contribution >= 4 is 5.96 Å². The highest BCUT2D eigenvalue weighted by Crippen LogP contribution is 2.44. The molecule has 0 aromatic heterocycles. The first-order chi connectivity index (χ1) is 13.4. The van der Waals surface area contributed by atoms with E-state index < -0.39 is 11.7 Å². The third kappa shape index (κ3) is 5.17. The first-order valence-corrected chi connectivity index (χ1v) is 9.85. The normalized spacial score (nSPS) is 20.5. The molecule has 0 unspecified atom stereocenters. The summed E-state index contributed by atoms with van der Waals surface area (Å²) in [5, 5.41) is 6.62. The molecule has 0 atom stereocenters. The second-order valence-corrected chi connectivity index (χ2v) is 7.52. The largest absolute Gasteiger partial charge is 0.416 e. The van der Waals surface area contributed by atoms with Crippen molar-refractivity contribution in [2.75, 3.05) is 53.0 Å². The molecule has 8 heteroatoms. The number of hydrogen-bond acceptors (Lipinski definition) is 3. The van der Waals surface area contributed by atoms with Crippen LogP contribution < -0.4 is 10.6 Å². The number of morpholine rings is 1. The Balaban J connectivity index is 1.55. The highest BCUT2D eigenvalue weighted by atomic mass is 19.4. The second kappa shape index (κ2) is 9.13. The van der Waals surface area contributed by atoms with Crippen molar-refractivity contribution in [3.05, 3.63) is 35.4 Å². The number of rotatable bonds is 6. The average molecular weight is 398 g/mol. The number of aliphatic imine (C=N–C) groups is 1. The smallest absolute Gasteiger partial charge is 0.379 e. The van der Waals surface area contributed by atoms with Crippen LogP contribution in [0.3, 0.4) is 0 Å². The summed E-state index contributed by atoms with van der Waals surface area (Å²) in [6.45, 7) is 5.66. The molecule has 2 N–H and O–H groups in total. The fourth-order valence-electron chi connectivity index (χ4n) is 3.83. The molecule has 0 bridgehead atoms. The van der Waals surface area contributed by atoms with Gasteiger partial charge in [0.25, 0.3) is 0 Å². The molecule has 1 aliphatic carbocycles. The summed E-state index contributed by atoms with van der Waals surface area (Å²) in [7, 11) is 1.71. The minimum atomic E-state index is -4.31. The zero-order chi connectivity index (χ0) is 20.0. The van der Waals surface area contributed by atoms with Gasteiger partial charge in [-0.25, -0.2) is 0 Å². The van der Waals surface area contributed by atoms with Crippen LogP contribution in [-0.4, -0.2) is 63.8 Å². The molecule has 3 rings (SSSR count). The molecular weight excluding hydrogens is 369 g/mol. The van der Waals surface area contributed by atoms with E-state index in [0.29, 0.717) is 12.5 Å². The molecule has 1 aliphatic heterocycles. The first-order valence-electron chi connectivity index (χ1n) is 9.85. The van der Waals surface area contributed by atoms with E-state index in [1.165, 1.54) is 12.1 Å². The number of hydrogen-bond donors (Lipinski definition) is 2. The maximum Gasteiger partial charge on any atom is 0.416 e. The number of ether oxygens (including phenoxy) is 1. The quantitative estimate of drug-likeness (QED) is 0.571. The molecule has 1 heterocycles.